The van der Waals surface area contributed by atoms with E-state index in [1.54, 1.807) is 16.4 Å². The molecule has 162 valence electrons. The molecule has 2 heterocycles. The number of halogens is 2. The minimum Gasteiger partial charge on any atom is -0.389 e. The molecule has 2 aliphatic heterocycles. The molecule has 0 radical (unpaired) electrons. The largest absolute Gasteiger partial charge is 0.389 e. The molecule has 0 aliphatic carbocycles. The predicted octanol–water partition coefficient (Wildman–Crippen LogP) is 4.41. The highest BCUT2D eigenvalue weighted by molar-refractivity contribution is 7.89. The summed E-state index contributed by atoms with van der Waals surface area (Å²) in [7, 11) is -3.73. The van der Waals surface area contributed by atoms with Crippen LogP contribution < -0.4 is 0 Å². The molecule has 0 aromatic heterocycles. The van der Waals surface area contributed by atoms with Crippen molar-refractivity contribution in [1.82, 2.24) is 4.31 Å². The molecule has 0 amide bonds. The van der Waals surface area contributed by atoms with Crippen molar-refractivity contribution in [3.05, 3.63) is 77.9 Å². The summed E-state index contributed by atoms with van der Waals surface area (Å²) in [6.45, 7) is 0. The van der Waals surface area contributed by atoms with Crippen LogP contribution in [-0.4, -0.2) is 35.5 Å². The molecule has 7 heteroatoms. The van der Waals surface area contributed by atoms with Gasteiger partial charge in [-0.3, -0.25) is 0 Å². The van der Waals surface area contributed by atoms with E-state index in [2.05, 4.69) is 0 Å². The van der Waals surface area contributed by atoms with Crippen molar-refractivity contribution >= 4 is 20.8 Å². The van der Waals surface area contributed by atoms with Gasteiger partial charge in [0.2, 0.25) is 10.0 Å². The molecular formula is C24H23F2NO3S. The molecule has 4 nitrogen and oxygen atoms in total. The molecule has 0 unspecified atom stereocenters. The third-order valence-electron chi connectivity index (χ3n) is 6.62. The SMILES string of the molecule is O=S(=O)(c1ccc2ccccc2c1)N1[C@H]2CC[C@H]1CC(O)(Cc1ccc(F)cc1F)C2. The van der Waals surface area contributed by atoms with E-state index in [9.17, 15) is 22.3 Å². The van der Waals surface area contributed by atoms with Crippen molar-refractivity contribution in [2.45, 2.75) is 54.7 Å². The lowest BCUT2D eigenvalue weighted by atomic mass is 9.82. The summed E-state index contributed by atoms with van der Waals surface area (Å²) in [6.07, 6.45) is 1.81. The maximum atomic E-state index is 14.1. The lowest BCUT2D eigenvalue weighted by Gasteiger charge is -2.43. The molecule has 2 bridgehead atoms. The molecule has 1 N–H and O–H groups in total. The summed E-state index contributed by atoms with van der Waals surface area (Å²) >= 11 is 0. The van der Waals surface area contributed by atoms with Crippen LogP contribution >= 0.6 is 0 Å². The number of hydrogen-bond donors (Lipinski definition) is 1. The van der Waals surface area contributed by atoms with E-state index in [0.29, 0.717) is 12.8 Å². The number of sulfonamides is 1. The summed E-state index contributed by atoms with van der Waals surface area (Å²) < 4.78 is 55.9. The molecule has 31 heavy (non-hydrogen) atoms. The van der Waals surface area contributed by atoms with Crippen LogP contribution in [0.4, 0.5) is 8.78 Å². The van der Waals surface area contributed by atoms with Crippen LogP contribution in [0.5, 0.6) is 0 Å². The Morgan fingerprint density at radius 1 is 0.935 bits per heavy atom. The first-order valence-electron chi connectivity index (χ1n) is 10.4. The Hall–Kier alpha value is -2.35. The second-order valence-corrected chi connectivity index (χ2v) is 10.6. The van der Waals surface area contributed by atoms with Crippen LogP contribution in [0.25, 0.3) is 10.8 Å². The number of fused-ring (bicyclic) bond motifs is 3. The van der Waals surface area contributed by atoms with E-state index in [4.69, 9.17) is 0 Å². The fraction of sp³-hybridized carbons (Fsp3) is 0.333. The highest BCUT2D eigenvalue weighted by Crippen LogP contribution is 2.45. The van der Waals surface area contributed by atoms with E-state index in [0.717, 1.165) is 16.8 Å². The Morgan fingerprint density at radius 3 is 2.29 bits per heavy atom. The van der Waals surface area contributed by atoms with Gasteiger partial charge in [0.25, 0.3) is 0 Å². The van der Waals surface area contributed by atoms with Crippen molar-refractivity contribution in [1.29, 1.82) is 0 Å². The Morgan fingerprint density at radius 2 is 1.61 bits per heavy atom. The zero-order valence-corrected chi connectivity index (χ0v) is 17.7. The highest BCUT2D eigenvalue weighted by atomic mass is 32.2. The normalized spacial score (nSPS) is 26.4. The van der Waals surface area contributed by atoms with Gasteiger partial charge < -0.3 is 5.11 Å². The first kappa shape index (κ1) is 20.5. The van der Waals surface area contributed by atoms with Gasteiger partial charge in [-0.15, -0.1) is 0 Å². The summed E-state index contributed by atoms with van der Waals surface area (Å²) in [5, 5.41) is 13.0. The average molecular weight is 444 g/mol. The number of benzene rings is 3. The van der Waals surface area contributed by atoms with E-state index in [1.807, 2.05) is 30.3 Å². The standard InChI is InChI=1S/C24H23F2NO3S/c25-19-7-5-18(23(26)12-19)13-24(28)14-20-8-9-21(15-24)27(20)31(29,30)22-10-6-16-3-1-2-4-17(16)11-22/h1-7,10-12,20-21,28H,8-9,13-15H2/t20-,21-/m0/s1. The highest BCUT2D eigenvalue weighted by Gasteiger charge is 2.52. The molecule has 2 atom stereocenters. The number of piperidine rings is 1. The topological polar surface area (TPSA) is 57.6 Å². The third-order valence-corrected chi connectivity index (χ3v) is 8.62. The zero-order chi connectivity index (χ0) is 21.8. The Kier molecular flexibility index (Phi) is 4.88. The smallest absolute Gasteiger partial charge is 0.243 e. The predicted molar refractivity (Wildman–Crippen MR) is 114 cm³/mol. The van der Waals surface area contributed by atoms with E-state index < -0.39 is 27.3 Å². The fourth-order valence-electron chi connectivity index (χ4n) is 5.29. The van der Waals surface area contributed by atoms with Gasteiger partial charge in [0.05, 0.1) is 10.5 Å². The molecule has 2 aliphatic rings. The van der Waals surface area contributed by atoms with Crippen LogP contribution in [-0.2, 0) is 16.4 Å². The summed E-state index contributed by atoms with van der Waals surface area (Å²) in [4.78, 5) is 0.248. The molecular weight excluding hydrogens is 420 g/mol. The van der Waals surface area contributed by atoms with Gasteiger partial charge in [0, 0.05) is 24.6 Å². The number of aliphatic hydroxyl groups is 1. The molecule has 2 saturated heterocycles. The minimum absolute atomic E-state index is 0.0377. The Balaban J connectivity index is 1.42. The first-order chi connectivity index (χ1) is 14.7. The summed E-state index contributed by atoms with van der Waals surface area (Å²) in [5.74, 6) is -1.35. The zero-order valence-electron chi connectivity index (χ0n) is 16.8. The fourth-order valence-corrected chi connectivity index (χ4v) is 7.19. The van der Waals surface area contributed by atoms with E-state index >= 15 is 0 Å². The van der Waals surface area contributed by atoms with E-state index in [-0.39, 0.29) is 41.8 Å². The van der Waals surface area contributed by atoms with Gasteiger partial charge >= 0.3 is 0 Å². The summed E-state index contributed by atoms with van der Waals surface area (Å²) in [5.41, 5.74) is -0.978. The van der Waals surface area contributed by atoms with Gasteiger partial charge in [-0.1, -0.05) is 36.4 Å². The maximum absolute atomic E-state index is 14.1. The van der Waals surface area contributed by atoms with Crippen molar-refractivity contribution in [3.8, 4) is 0 Å². The van der Waals surface area contributed by atoms with Crippen LogP contribution in [0.2, 0.25) is 0 Å². The lowest BCUT2D eigenvalue weighted by Crippen LogP contribution is -2.53. The van der Waals surface area contributed by atoms with Crippen LogP contribution in [0.1, 0.15) is 31.2 Å². The lowest BCUT2D eigenvalue weighted by molar-refractivity contribution is -0.0290. The summed E-state index contributed by atoms with van der Waals surface area (Å²) in [6, 6.07) is 15.4. The molecule has 3 aromatic carbocycles. The molecule has 5 rings (SSSR count). The number of rotatable bonds is 4. The van der Waals surface area contributed by atoms with Crippen molar-refractivity contribution in [3.63, 3.8) is 0 Å². The van der Waals surface area contributed by atoms with Crippen molar-refractivity contribution in [2.75, 3.05) is 0 Å². The molecule has 2 fully saturated rings. The number of nitrogens with zero attached hydrogens (tertiary/aromatic N) is 1. The van der Waals surface area contributed by atoms with Gasteiger partial charge in [-0.2, -0.15) is 4.31 Å². The van der Waals surface area contributed by atoms with Gasteiger partial charge in [0.1, 0.15) is 11.6 Å². The van der Waals surface area contributed by atoms with Crippen LogP contribution in [0, 0.1) is 11.6 Å². The second-order valence-electron chi connectivity index (χ2n) is 8.77. The number of hydrogen-bond acceptors (Lipinski definition) is 3. The van der Waals surface area contributed by atoms with Gasteiger partial charge in [-0.05, 0) is 60.2 Å². The minimum atomic E-state index is -3.73. The molecule has 3 aromatic rings. The Labute approximate surface area is 180 Å². The average Bonchev–Trinajstić information content (AvgIpc) is 3.03. The second kappa shape index (κ2) is 7.36. The van der Waals surface area contributed by atoms with Crippen molar-refractivity contribution in [2.24, 2.45) is 0 Å². The maximum Gasteiger partial charge on any atom is 0.243 e. The Bertz CT molecular complexity index is 1250. The molecule has 0 saturated carbocycles. The van der Waals surface area contributed by atoms with Crippen LogP contribution in [0.15, 0.2) is 65.6 Å². The van der Waals surface area contributed by atoms with Gasteiger partial charge in [0.15, 0.2) is 0 Å². The first-order valence-corrected chi connectivity index (χ1v) is 11.9. The monoisotopic (exact) mass is 443 g/mol. The van der Waals surface area contributed by atoms with Crippen LogP contribution in [0.3, 0.4) is 0 Å². The third kappa shape index (κ3) is 3.64. The van der Waals surface area contributed by atoms with Gasteiger partial charge in [-0.25, -0.2) is 17.2 Å². The molecule has 0 spiro atoms. The van der Waals surface area contributed by atoms with Crippen molar-refractivity contribution < 1.29 is 22.3 Å². The van der Waals surface area contributed by atoms with E-state index in [1.165, 1.54) is 12.1 Å². The quantitative estimate of drug-likeness (QED) is 0.650.